The van der Waals surface area contributed by atoms with Crippen LogP contribution in [0.25, 0.3) is 0 Å². The Bertz CT molecular complexity index is 400. The molecule has 5 nitrogen and oxygen atoms in total. The van der Waals surface area contributed by atoms with Gasteiger partial charge < -0.3 is 5.11 Å². The van der Waals surface area contributed by atoms with Gasteiger partial charge in [0.2, 0.25) is 0 Å². The summed E-state index contributed by atoms with van der Waals surface area (Å²) in [4.78, 5) is 0. The van der Waals surface area contributed by atoms with E-state index in [1.165, 1.54) is 18.5 Å². The van der Waals surface area contributed by atoms with Crippen molar-refractivity contribution in [3.8, 4) is 0 Å². The molecule has 1 rings (SSSR count). The zero-order chi connectivity index (χ0) is 10.3. The van der Waals surface area contributed by atoms with Crippen molar-refractivity contribution in [2.75, 3.05) is 0 Å². The summed E-state index contributed by atoms with van der Waals surface area (Å²) in [5.41, 5.74) is -0.558. The van der Waals surface area contributed by atoms with Crippen LogP contribution >= 0.6 is 0 Å². The molecule has 0 saturated carbocycles. The average Bonchev–Trinajstić information content (AvgIpc) is 2.28. The Kier molecular flexibility index (Phi) is 2.23. The molecule has 0 amide bonds. The third-order valence-corrected chi connectivity index (χ3v) is 2.48. The fourth-order valence-corrected chi connectivity index (χ4v) is 1.39. The molecule has 0 atom stereocenters. The van der Waals surface area contributed by atoms with Crippen molar-refractivity contribution in [3.63, 3.8) is 0 Å². The van der Waals surface area contributed by atoms with Crippen LogP contribution in [0.5, 0.6) is 0 Å². The predicted octanol–water partition coefficient (Wildman–Crippen LogP) is -0.233. The van der Waals surface area contributed by atoms with Gasteiger partial charge in [-0.05, 0) is 19.9 Å². The van der Waals surface area contributed by atoms with E-state index in [-0.39, 0.29) is 0 Å². The first-order chi connectivity index (χ1) is 5.71. The van der Waals surface area contributed by atoms with Gasteiger partial charge in [-0.25, -0.2) is 9.11 Å². The molecule has 0 spiro atoms. The Hall–Kier alpha value is -0.850. The summed E-state index contributed by atoms with van der Waals surface area (Å²) in [5.74, 6) is 0. The van der Waals surface area contributed by atoms with E-state index in [0.29, 0.717) is 5.56 Å². The van der Waals surface area contributed by atoms with E-state index in [0.717, 1.165) is 3.97 Å². The summed E-state index contributed by atoms with van der Waals surface area (Å²) >= 11 is 0. The highest BCUT2D eigenvalue weighted by Crippen LogP contribution is 2.19. The molecule has 0 aromatic carbocycles. The maximum atomic E-state index is 10.8. The third kappa shape index (κ3) is 2.30. The first kappa shape index (κ1) is 10.2. The number of hydrogen-bond donors (Lipinski definition) is 2. The molecule has 0 unspecified atom stereocenters. The zero-order valence-electron chi connectivity index (χ0n) is 7.43. The van der Waals surface area contributed by atoms with Crippen LogP contribution in [0, 0.1) is 0 Å². The number of rotatable bonds is 2. The third-order valence-electron chi connectivity index (χ3n) is 1.67. The van der Waals surface area contributed by atoms with Gasteiger partial charge >= 0.3 is 10.2 Å². The summed E-state index contributed by atoms with van der Waals surface area (Å²) in [7, 11) is -3.74. The second-order valence-corrected chi connectivity index (χ2v) is 4.79. The Morgan fingerprint density at radius 1 is 1.54 bits per heavy atom. The molecular weight excluding hydrogens is 192 g/mol. The second kappa shape index (κ2) is 2.83. The molecule has 1 aromatic rings. The molecule has 6 heteroatoms. The number of aromatic nitrogens is 1. The molecule has 0 aliphatic carbocycles. The Balaban J connectivity index is 3.16. The van der Waals surface area contributed by atoms with Gasteiger partial charge in [-0.1, -0.05) is 0 Å². The van der Waals surface area contributed by atoms with Crippen molar-refractivity contribution in [2.24, 2.45) is 5.14 Å². The molecule has 74 valence electrons. The molecule has 0 radical (unpaired) electrons. The topological polar surface area (TPSA) is 85.3 Å². The lowest BCUT2D eigenvalue weighted by atomic mass is 10.0. The van der Waals surface area contributed by atoms with Gasteiger partial charge in [-0.15, -0.1) is 0 Å². The lowest BCUT2D eigenvalue weighted by molar-refractivity contribution is 0.0787. The van der Waals surface area contributed by atoms with Crippen LogP contribution < -0.4 is 5.14 Å². The van der Waals surface area contributed by atoms with Gasteiger partial charge in [0.25, 0.3) is 0 Å². The van der Waals surface area contributed by atoms with E-state index in [2.05, 4.69) is 0 Å². The Morgan fingerprint density at radius 3 is 2.31 bits per heavy atom. The van der Waals surface area contributed by atoms with Crippen molar-refractivity contribution in [1.29, 1.82) is 0 Å². The molecule has 0 fully saturated rings. The molecule has 1 aromatic heterocycles. The lowest BCUT2D eigenvalue weighted by Crippen LogP contribution is -2.21. The predicted molar refractivity (Wildman–Crippen MR) is 48.2 cm³/mol. The van der Waals surface area contributed by atoms with E-state index in [1.807, 2.05) is 0 Å². The molecule has 1 heterocycles. The number of nitrogens with two attached hydrogens (primary N) is 1. The minimum Gasteiger partial charge on any atom is -0.386 e. The minimum absolute atomic E-state index is 0.501. The molecule has 13 heavy (non-hydrogen) atoms. The summed E-state index contributed by atoms with van der Waals surface area (Å²) in [5, 5.41) is 14.4. The minimum atomic E-state index is -3.74. The van der Waals surface area contributed by atoms with Gasteiger partial charge in [0.15, 0.2) is 0 Å². The smallest absolute Gasteiger partial charge is 0.302 e. The van der Waals surface area contributed by atoms with Crippen molar-refractivity contribution in [1.82, 2.24) is 3.97 Å². The quantitative estimate of drug-likeness (QED) is 0.697. The van der Waals surface area contributed by atoms with E-state index in [4.69, 9.17) is 5.14 Å². The van der Waals surface area contributed by atoms with Gasteiger partial charge in [0.1, 0.15) is 0 Å². The summed E-state index contributed by atoms with van der Waals surface area (Å²) < 4.78 is 22.5. The SMILES string of the molecule is CC(C)(O)c1ccn(S(N)(=O)=O)c1. The van der Waals surface area contributed by atoms with E-state index in [1.54, 1.807) is 13.8 Å². The first-order valence-electron chi connectivity index (χ1n) is 3.65. The van der Waals surface area contributed by atoms with Gasteiger partial charge in [-0.2, -0.15) is 8.42 Å². The summed E-state index contributed by atoms with van der Waals surface area (Å²) in [6.07, 6.45) is 2.58. The number of aliphatic hydroxyl groups is 1. The fraction of sp³-hybridized carbons (Fsp3) is 0.429. The van der Waals surface area contributed by atoms with Gasteiger partial charge in [-0.3, -0.25) is 0 Å². The van der Waals surface area contributed by atoms with Crippen LogP contribution in [0.2, 0.25) is 0 Å². The first-order valence-corrected chi connectivity index (χ1v) is 5.16. The van der Waals surface area contributed by atoms with Crippen LogP contribution in [0.15, 0.2) is 18.5 Å². The second-order valence-electron chi connectivity index (χ2n) is 3.33. The Morgan fingerprint density at radius 2 is 2.08 bits per heavy atom. The highest BCUT2D eigenvalue weighted by molar-refractivity contribution is 7.87. The lowest BCUT2D eigenvalue weighted by Gasteiger charge is -2.14. The van der Waals surface area contributed by atoms with Crippen molar-refractivity contribution < 1.29 is 13.5 Å². The molecule has 3 N–H and O–H groups in total. The molecule has 0 saturated heterocycles. The molecule has 0 aliphatic rings. The maximum absolute atomic E-state index is 10.8. The van der Waals surface area contributed by atoms with E-state index >= 15 is 0 Å². The van der Waals surface area contributed by atoms with Crippen molar-refractivity contribution in [3.05, 3.63) is 24.0 Å². The summed E-state index contributed by atoms with van der Waals surface area (Å²) in [6.45, 7) is 3.13. The highest BCUT2D eigenvalue weighted by Gasteiger charge is 2.18. The van der Waals surface area contributed by atoms with Crippen LogP contribution in [0.4, 0.5) is 0 Å². The van der Waals surface area contributed by atoms with Gasteiger partial charge in [0, 0.05) is 18.0 Å². The zero-order valence-corrected chi connectivity index (χ0v) is 8.25. The monoisotopic (exact) mass is 204 g/mol. The largest absolute Gasteiger partial charge is 0.386 e. The van der Waals surface area contributed by atoms with Crippen LogP contribution in [-0.2, 0) is 15.8 Å². The Labute approximate surface area is 77.0 Å². The standard InChI is InChI=1S/C7H12N2O3S/c1-7(2,10)6-3-4-9(5-6)13(8,11)12/h3-5,10H,1-2H3,(H2,8,11,12). The summed E-state index contributed by atoms with van der Waals surface area (Å²) in [6, 6.07) is 1.50. The molecule has 0 bridgehead atoms. The van der Waals surface area contributed by atoms with Gasteiger partial charge in [0.05, 0.1) is 5.60 Å². The van der Waals surface area contributed by atoms with Crippen molar-refractivity contribution in [2.45, 2.75) is 19.4 Å². The van der Waals surface area contributed by atoms with Crippen LogP contribution in [0.3, 0.4) is 0 Å². The van der Waals surface area contributed by atoms with Crippen LogP contribution in [-0.4, -0.2) is 17.5 Å². The van der Waals surface area contributed by atoms with Crippen LogP contribution in [0.1, 0.15) is 19.4 Å². The fourth-order valence-electron chi connectivity index (χ4n) is 0.897. The maximum Gasteiger partial charge on any atom is 0.302 e. The van der Waals surface area contributed by atoms with E-state index < -0.39 is 15.8 Å². The normalized spacial score (nSPS) is 13.2. The molecular formula is C7H12N2O3S. The average molecular weight is 204 g/mol. The highest BCUT2D eigenvalue weighted by atomic mass is 32.2. The molecule has 0 aliphatic heterocycles. The number of nitrogens with zero attached hydrogens (tertiary/aromatic N) is 1. The van der Waals surface area contributed by atoms with Crippen molar-refractivity contribution >= 4 is 10.2 Å². The van der Waals surface area contributed by atoms with E-state index in [9.17, 15) is 13.5 Å². The number of hydrogen-bond acceptors (Lipinski definition) is 3.